The van der Waals surface area contributed by atoms with Crippen LogP contribution in [0, 0.1) is 0 Å². The van der Waals surface area contributed by atoms with E-state index in [1.165, 1.54) is 0 Å². The summed E-state index contributed by atoms with van der Waals surface area (Å²) in [7, 11) is 0. The molecule has 0 aromatic carbocycles. The molecule has 0 spiro atoms. The Morgan fingerprint density at radius 3 is 2.40 bits per heavy atom. The monoisotopic (exact) mass is 167 g/mol. The quantitative estimate of drug-likeness (QED) is 0.400. The summed E-state index contributed by atoms with van der Waals surface area (Å²) >= 11 is 0. The molecule has 0 saturated carbocycles. The third kappa shape index (κ3) is 5.81. The fraction of sp³-hybridized carbons (Fsp3) is 0.800. The lowest BCUT2D eigenvalue weighted by Crippen LogP contribution is -3.00. The summed E-state index contributed by atoms with van der Waals surface area (Å²) in [5, 5.41) is 8.24. The van der Waals surface area contributed by atoms with Gasteiger partial charge in [-0.05, 0) is 19.4 Å². The number of carboxylic acid groups (broad SMARTS) is 1. The lowest BCUT2D eigenvalue weighted by molar-refractivity contribution is -0.138. The van der Waals surface area contributed by atoms with Gasteiger partial charge in [-0.2, -0.15) is 0 Å². The predicted molar refractivity (Wildman–Crippen MR) is 33.9 cm³/mol. The summed E-state index contributed by atoms with van der Waals surface area (Å²) in [5.74, 6) is -0.955. The molecule has 0 rings (SSSR count). The van der Waals surface area contributed by atoms with Gasteiger partial charge in [-0.1, -0.05) is 0 Å². The summed E-state index contributed by atoms with van der Waals surface area (Å²) in [6, 6.07) is -0.742. The molecule has 0 saturated heterocycles. The fourth-order valence-corrected chi connectivity index (χ4v) is 0.461. The number of aliphatic carboxylic acids is 1. The Morgan fingerprint density at radius 2 is 2.10 bits per heavy atom. The van der Waals surface area contributed by atoms with Crippen LogP contribution in [0.3, 0.4) is 0 Å². The molecule has 1 unspecified atom stereocenters. The summed E-state index contributed by atoms with van der Waals surface area (Å²) in [5.41, 5.74) is 10.3. The van der Waals surface area contributed by atoms with Crippen molar-refractivity contribution < 1.29 is 22.3 Å². The number of rotatable bonds is 4. The Kier molecular flexibility index (Phi) is 8.40. The smallest absolute Gasteiger partial charge is 0.320 e. The van der Waals surface area contributed by atoms with Gasteiger partial charge in [0, 0.05) is 0 Å². The number of carbonyl (C=O) groups is 1. The SMILES string of the molecule is NCCCC(N)C(=O)O.[Cl-]. The van der Waals surface area contributed by atoms with Crippen LogP contribution in [-0.2, 0) is 4.79 Å². The van der Waals surface area contributed by atoms with E-state index in [0.717, 1.165) is 0 Å². The molecule has 0 aromatic heterocycles. The molecule has 0 aromatic rings. The number of hydrogen-bond acceptors (Lipinski definition) is 3. The van der Waals surface area contributed by atoms with E-state index in [1.54, 1.807) is 0 Å². The summed E-state index contributed by atoms with van der Waals surface area (Å²) in [4.78, 5) is 10.0. The first-order valence-corrected chi connectivity index (χ1v) is 2.87. The molecule has 0 bridgehead atoms. The van der Waals surface area contributed by atoms with E-state index in [2.05, 4.69) is 0 Å². The molecule has 1 atom stereocenters. The third-order valence-electron chi connectivity index (χ3n) is 1.04. The van der Waals surface area contributed by atoms with Crippen LogP contribution in [0.1, 0.15) is 12.8 Å². The van der Waals surface area contributed by atoms with Crippen molar-refractivity contribution in [3.05, 3.63) is 0 Å². The van der Waals surface area contributed by atoms with E-state index in [0.29, 0.717) is 19.4 Å². The van der Waals surface area contributed by atoms with Gasteiger partial charge in [-0.15, -0.1) is 0 Å². The van der Waals surface area contributed by atoms with Crippen molar-refractivity contribution in [2.24, 2.45) is 11.5 Å². The van der Waals surface area contributed by atoms with Gasteiger partial charge in [0.25, 0.3) is 0 Å². The molecule has 0 radical (unpaired) electrons. The second-order valence-electron chi connectivity index (χ2n) is 1.88. The highest BCUT2D eigenvalue weighted by Crippen LogP contribution is 1.91. The van der Waals surface area contributed by atoms with Crippen molar-refractivity contribution in [2.75, 3.05) is 6.54 Å². The van der Waals surface area contributed by atoms with Crippen molar-refractivity contribution in [1.82, 2.24) is 0 Å². The first kappa shape index (κ1) is 12.4. The highest BCUT2D eigenvalue weighted by atomic mass is 35.5. The first-order valence-electron chi connectivity index (χ1n) is 2.87. The Labute approximate surface area is 66.0 Å². The van der Waals surface area contributed by atoms with E-state index >= 15 is 0 Å². The molecule has 4 nitrogen and oxygen atoms in total. The van der Waals surface area contributed by atoms with Crippen LogP contribution < -0.4 is 23.9 Å². The van der Waals surface area contributed by atoms with Gasteiger partial charge in [0.05, 0.1) is 0 Å². The normalized spacial score (nSPS) is 11.8. The van der Waals surface area contributed by atoms with E-state index < -0.39 is 12.0 Å². The van der Waals surface area contributed by atoms with Crippen LogP contribution in [0.25, 0.3) is 0 Å². The van der Waals surface area contributed by atoms with E-state index in [-0.39, 0.29) is 12.4 Å². The maximum absolute atomic E-state index is 10.0. The standard InChI is InChI=1S/C5H12N2O2.ClH/c6-3-1-2-4(7)5(8)9;/h4H,1-3,6-7H2,(H,8,9);1H/p-1. The molecular weight excluding hydrogens is 156 g/mol. The van der Waals surface area contributed by atoms with Crippen LogP contribution in [0.15, 0.2) is 0 Å². The molecule has 0 aliphatic heterocycles. The highest BCUT2D eigenvalue weighted by Gasteiger charge is 2.08. The van der Waals surface area contributed by atoms with Crippen molar-refractivity contribution in [2.45, 2.75) is 18.9 Å². The largest absolute Gasteiger partial charge is 1.00 e. The molecular formula is C5H12ClN2O2-. The molecule has 0 heterocycles. The number of halogens is 1. The Balaban J connectivity index is 0. The van der Waals surface area contributed by atoms with Gasteiger partial charge in [0.15, 0.2) is 0 Å². The lowest BCUT2D eigenvalue weighted by atomic mass is 10.2. The van der Waals surface area contributed by atoms with Gasteiger partial charge in [-0.3, -0.25) is 4.79 Å². The second-order valence-corrected chi connectivity index (χ2v) is 1.88. The molecule has 5 heteroatoms. The molecule has 10 heavy (non-hydrogen) atoms. The summed E-state index contributed by atoms with van der Waals surface area (Å²) in [6.45, 7) is 0.501. The molecule has 0 fully saturated rings. The van der Waals surface area contributed by atoms with Gasteiger partial charge in [0.1, 0.15) is 6.04 Å². The molecule has 5 N–H and O–H groups in total. The van der Waals surface area contributed by atoms with Crippen LogP contribution in [0.5, 0.6) is 0 Å². The Hall–Kier alpha value is -0.320. The van der Waals surface area contributed by atoms with Gasteiger partial charge < -0.3 is 29.0 Å². The predicted octanol–water partition coefficient (Wildman–Crippen LogP) is -3.86. The minimum atomic E-state index is -0.955. The topological polar surface area (TPSA) is 89.3 Å². The number of nitrogens with two attached hydrogens (primary N) is 2. The van der Waals surface area contributed by atoms with E-state index in [9.17, 15) is 4.79 Å². The van der Waals surface area contributed by atoms with Crippen molar-refractivity contribution in [3.63, 3.8) is 0 Å². The Bertz CT molecular complexity index is 99.6. The maximum atomic E-state index is 10.0. The van der Waals surface area contributed by atoms with Crippen molar-refractivity contribution in [1.29, 1.82) is 0 Å². The van der Waals surface area contributed by atoms with Crippen LogP contribution in [-0.4, -0.2) is 23.7 Å². The summed E-state index contributed by atoms with van der Waals surface area (Å²) < 4.78 is 0. The fourth-order valence-electron chi connectivity index (χ4n) is 0.461. The summed E-state index contributed by atoms with van der Waals surface area (Å²) in [6.07, 6.45) is 1.14. The first-order chi connectivity index (χ1) is 4.18. The molecule has 0 amide bonds. The average molecular weight is 168 g/mol. The average Bonchev–Trinajstić information content (AvgIpc) is 1.82. The van der Waals surface area contributed by atoms with Crippen LogP contribution in [0.2, 0.25) is 0 Å². The zero-order valence-electron chi connectivity index (χ0n) is 5.59. The van der Waals surface area contributed by atoms with Gasteiger partial charge in [-0.25, -0.2) is 0 Å². The van der Waals surface area contributed by atoms with E-state index in [4.69, 9.17) is 16.6 Å². The van der Waals surface area contributed by atoms with Gasteiger partial charge >= 0.3 is 5.97 Å². The number of carboxylic acids is 1. The Morgan fingerprint density at radius 1 is 1.60 bits per heavy atom. The lowest BCUT2D eigenvalue weighted by Gasteiger charge is -2.02. The van der Waals surface area contributed by atoms with Crippen molar-refractivity contribution in [3.8, 4) is 0 Å². The van der Waals surface area contributed by atoms with Crippen LogP contribution in [0.4, 0.5) is 0 Å². The third-order valence-corrected chi connectivity index (χ3v) is 1.04. The van der Waals surface area contributed by atoms with E-state index in [1.807, 2.05) is 0 Å². The van der Waals surface area contributed by atoms with Gasteiger partial charge in [0.2, 0.25) is 0 Å². The number of hydrogen-bond donors (Lipinski definition) is 3. The van der Waals surface area contributed by atoms with Crippen molar-refractivity contribution >= 4 is 5.97 Å². The highest BCUT2D eigenvalue weighted by molar-refractivity contribution is 5.72. The zero-order chi connectivity index (χ0) is 7.28. The molecule has 62 valence electrons. The minimum Gasteiger partial charge on any atom is -1.00 e. The molecule has 0 aliphatic carbocycles. The zero-order valence-corrected chi connectivity index (χ0v) is 6.34. The van der Waals surface area contributed by atoms with Crippen LogP contribution >= 0.6 is 0 Å². The minimum absolute atomic E-state index is 0. The maximum Gasteiger partial charge on any atom is 0.320 e. The second kappa shape index (κ2) is 6.80. The molecule has 0 aliphatic rings.